The number of fused-ring (bicyclic) bond motifs is 1. The van der Waals surface area contributed by atoms with Crippen LogP contribution in [0.15, 0.2) is 47.3 Å². The lowest BCUT2D eigenvalue weighted by Gasteiger charge is -2.09. The number of ether oxygens (including phenoxy) is 1. The van der Waals surface area contributed by atoms with Crippen LogP contribution >= 0.6 is 0 Å². The van der Waals surface area contributed by atoms with Gasteiger partial charge in [-0.1, -0.05) is 18.2 Å². The van der Waals surface area contributed by atoms with Crippen molar-refractivity contribution in [2.75, 3.05) is 7.11 Å². The summed E-state index contributed by atoms with van der Waals surface area (Å²) < 4.78 is 6.66. The van der Waals surface area contributed by atoms with Crippen LogP contribution in [0, 0.1) is 0 Å². The number of para-hydroxylation sites is 3. The maximum atomic E-state index is 12.2. The minimum atomic E-state index is -1.09. The molecule has 0 amide bonds. The molecule has 1 aromatic heterocycles. The molecule has 0 fully saturated rings. The van der Waals surface area contributed by atoms with Crippen molar-refractivity contribution >= 4 is 17.0 Å². The highest BCUT2D eigenvalue weighted by Gasteiger charge is 2.16. The molecule has 3 aromatic rings. The van der Waals surface area contributed by atoms with E-state index in [-0.39, 0.29) is 5.56 Å². The van der Waals surface area contributed by atoms with Crippen molar-refractivity contribution in [3.05, 3.63) is 58.5 Å². The first-order chi connectivity index (χ1) is 10.1. The summed E-state index contributed by atoms with van der Waals surface area (Å²) in [6.45, 7) is 0. The second-order valence-corrected chi connectivity index (χ2v) is 4.44. The summed E-state index contributed by atoms with van der Waals surface area (Å²) in [4.78, 5) is 26.1. The van der Waals surface area contributed by atoms with Crippen LogP contribution in [0.25, 0.3) is 16.7 Å². The Kier molecular flexibility index (Phi) is 2.98. The lowest BCUT2D eigenvalue weighted by molar-refractivity contribution is 0.0699. The molecule has 6 heteroatoms. The smallest absolute Gasteiger partial charge is 0.337 e. The van der Waals surface area contributed by atoms with Gasteiger partial charge in [0.25, 0.3) is 0 Å². The fourth-order valence-electron chi connectivity index (χ4n) is 2.36. The number of aromatic amines is 1. The molecule has 106 valence electrons. The number of rotatable bonds is 3. The van der Waals surface area contributed by atoms with Gasteiger partial charge in [-0.15, -0.1) is 0 Å². The van der Waals surface area contributed by atoms with E-state index in [1.807, 2.05) is 0 Å². The SMILES string of the molecule is COc1ccccc1-n1c(=O)[nH]c2c(C(=O)O)cccc21. The number of carboxylic acid groups (broad SMARTS) is 1. The molecule has 0 aliphatic rings. The van der Waals surface area contributed by atoms with E-state index in [1.54, 1.807) is 36.4 Å². The molecule has 0 atom stereocenters. The molecule has 0 bridgehead atoms. The number of methoxy groups -OCH3 is 1. The Morgan fingerprint density at radius 3 is 2.67 bits per heavy atom. The number of nitrogens with one attached hydrogen (secondary N) is 1. The second kappa shape index (κ2) is 4.82. The third-order valence-electron chi connectivity index (χ3n) is 3.27. The average molecular weight is 284 g/mol. The highest BCUT2D eigenvalue weighted by Crippen LogP contribution is 2.25. The van der Waals surface area contributed by atoms with Gasteiger partial charge in [0.2, 0.25) is 0 Å². The summed E-state index contributed by atoms with van der Waals surface area (Å²) in [5, 5.41) is 9.20. The predicted octanol–water partition coefficient (Wildman–Crippen LogP) is 2.03. The zero-order chi connectivity index (χ0) is 15.0. The van der Waals surface area contributed by atoms with Crippen molar-refractivity contribution in [2.45, 2.75) is 0 Å². The molecular weight excluding hydrogens is 272 g/mol. The summed E-state index contributed by atoms with van der Waals surface area (Å²) in [5.41, 5.74) is 0.977. The van der Waals surface area contributed by atoms with Gasteiger partial charge in [-0.05, 0) is 24.3 Å². The molecule has 1 heterocycles. The number of imidazole rings is 1. The Balaban J connectivity index is 2.39. The van der Waals surface area contributed by atoms with Gasteiger partial charge in [-0.2, -0.15) is 0 Å². The van der Waals surface area contributed by atoms with E-state index in [0.29, 0.717) is 22.5 Å². The molecule has 21 heavy (non-hydrogen) atoms. The zero-order valence-electron chi connectivity index (χ0n) is 11.2. The van der Waals surface area contributed by atoms with Crippen molar-refractivity contribution in [1.82, 2.24) is 9.55 Å². The molecule has 6 nitrogen and oxygen atoms in total. The lowest BCUT2D eigenvalue weighted by atomic mass is 10.2. The van der Waals surface area contributed by atoms with Gasteiger partial charge in [0.1, 0.15) is 5.75 Å². The Morgan fingerprint density at radius 2 is 1.95 bits per heavy atom. The van der Waals surface area contributed by atoms with Crippen LogP contribution in [-0.2, 0) is 0 Å². The summed E-state index contributed by atoms with van der Waals surface area (Å²) >= 11 is 0. The van der Waals surface area contributed by atoms with E-state index in [1.165, 1.54) is 17.7 Å². The fraction of sp³-hybridized carbons (Fsp3) is 0.0667. The number of carbonyl (C=O) groups is 1. The Labute approximate surface area is 119 Å². The molecule has 2 N–H and O–H groups in total. The Hall–Kier alpha value is -3.02. The number of nitrogens with zero attached hydrogens (tertiary/aromatic N) is 1. The molecule has 0 aliphatic carbocycles. The Bertz CT molecular complexity index is 892. The summed E-state index contributed by atoms with van der Waals surface area (Å²) in [6.07, 6.45) is 0. The van der Waals surface area contributed by atoms with Gasteiger partial charge in [-0.25, -0.2) is 9.59 Å². The zero-order valence-corrected chi connectivity index (χ0v) is 11.2. The molecule has 0 unspecified atom stereocenters. The lowest BCUT2D eigenvalue weighted by Crippen LogP contribution is -2.15. The topological polar surface area (TPSA) is 84.3 Å². The first kappa shape index (κ1) is 13.0. The third-order valence-corrected chi connectivity index (χ3v) is 3.27. The van der Waals surface area contributed by atoms with E-state index in [4.69, 9.17) is 4.74 Å². The minimum Gasteiger partial charge on any atom is -0.495 e. The molecule has 2 aromatic carbocycles. The third kappa shape index (κ3) is 1.97. The number of benzene rings is 2. The highest BCUT2D eigenvalue weighted by molar-refractivity contribution is 6.01. The number of aromatic nitrogens is 2. The van der Waals surface area contributed by atoms with Gasteiger partial charge in [0.15, 0.2) is 0 Å². The van der Waals surface area contributed by atoms with Gasteiger partial charge in [-0.3, -0.25) is 4.57 Å². The molecule has 3 rings (SSSR count). The van der Waals surface area contributed by atoms with Crippen LogP contribution in [0.2, 0.25) is 0 Å². The number of carboxylic acids is 1. The average Bonchev–Trinajstić information content (AvgIpc) is 2.82. The van der Waals surface area contributed by atoms with Crippen LogP contribution in [0.1, 0.15) is 10.4 Å². The summed E-state index contributed by atoms with van der Waals surface area (Å²) in [5.74, 6) is -0.560. The molecule has 0 radical (unpaired) electrons. The second-order valence-electron chi connectivity index (χ2n) is 4.44. The van der Waals surface area contributed by atoms with Crippen LogP contribution in [0.4, 0.5) is 0 Å². The van der Waals surface area contributed by atoms with Crippen molar-refractivity contribution in [2.24, 2.45) is 0 Å². The standard InChI is InChI=1S/C15H12N2O4/c1-21-12-8-3-2-6-10(12)17-11-7-4-5-9(14(18)19)13(11)16-15(17)20/h2-8H,1H3,(H,16,20)(H,18,19). The summed E-state index contributed by atoms with van der Waals surface area (Å²) in [7, 11) is 1.52. The van der Waals surface area contributed by atoms with Crippen LogP contribution in [0.5, 0.6) is 5.75 Å². The van der Waals surface area contributed by atoms with Crippen molar-refractivity contribution in [1.29, 1.82) is 0 Å². The maximum absolute atomic E-state index is 12.2. The number of H-pyrrole nitrogens is 1. The van der Waals surface area contributed by atoms with Crippen LogP contribution < -0.4 is 10.4 Å². The summed E-state index contributed by atoms with van der Waals surface area (Å²) in [6, 6.07) is 11.8. The first-order valence-electron chi connectivity index (χ1n) is 6.24. The first-order valence-corrected chi connectivity index (χ1v) is 6.24. The number of hydrogen-bond acceptors (Lipinski definition) is 3. The van der Waals surface area contributed by atoms with Gasteiger partial charge in [0.05, 0.1) is 29.4 Å². The predicted molar refractivity (Wildman–Crippen MR) is 77.4 cm³/mol. The van der Waals surface area contributed by atoms with Gasteiger partial charge >= 0.3 is 11.7 Å². The van der Waals surface area contributed by atoms with Crippen molar-refractivity contribution in [3.8, 4) is 11.4 Å². The largest absolute Gasteiger partial charge is 0.495 e. The molecule has 0 aliphatic heterocycles. The molecular formula is C15H12N2O4. The van der Waals surface area contributed by atoms with E-state index < -0.39 is 11.7 Å². The van der Waals surface area contributed by atoms with Crippen molar-refractivity contribution in [3.63, 3.8) is 0 Å². The number of hydrogen-bond donors (Lipinski definition) is 2. The quantitative estimate of drug-likeness (QED) is 0.770. The minimum absolute atomic E-state index is 0.0539. The molecule has 0 saturated carbocycles. The van der Waals surface area contributed by atoms with Crippen LogP contribution in [-0.4, -0.2) is 27.7 Å². The van der Waals surface area contributed by atoms with E-state index >= 15 is 0 Å². The monoisotopic (exact) mass is 284 g/mol. The van der Waals surface area contributed by atoms with E-state index in [9.17, 15) is 14.7 Å². The van der Waals surface area contributed by atoms with E-state index in [2.05, 4.69) is 4.98 Å². The van der Waals surface area contributed by atoms with Gasteiger partial charge < -0.3 is 14.8 Å². The van der Waals surface area contributed by atoms with Gasteiger partial charge in [0, 0.05) is 0 Å². The maximum Gasteiger partial charge on any atom is 0.337 e. The van der Waals surface area contributed by atoms with E-state index in [0.717, 1.165) is 0 Å². The fourth-order valence-corrected chi connectivity index (χ4v) is 2.36. The number of aromatic carboxylic acids is 1. The normalized spacial score (nSPS) is 10.7. The Morgan fingerprint density at radius 1 is 1.19 bits per heavy atom. The molecule has 0 spiro atoms. The highest BCUT2D eigenvalue weighted by atomic mass is 16.5. The molecule has 0 saturated heterocycles. The van der Waals surface area contributed by atoms with Crippen LogP contribution in [0.3, 0.4) is 0 Å². The van der Waals surface area contributed by atoms with Crippen molar-refractivity contribution < 1.29 is 14.6 Å².